The van der Waals surface area contributed by atoms with E-state index < -0.39 is 11.5 Å². The van der Waals surface area contributed by atoms with Crippen LogP contribution in [-0.4, -0.2) is 38.0 Å². The van der Waals surface area contributed by atoms with Crippen LogP contribution in [0.3, 0.4) is 0 Å². The molecule has 1 N–H and O–H groups in total. The number of hydrogen-bond donors (Lipinski definition) is 1. The SMILES string of the molecule is CCn1ncc(C(=O)N2CCC3(C(=O)Nc4ccccc43)C2c2cccnc2)c1C. The van der Waals surface area contributed by atoms with Crippen molar-refractivity contribution in [1.29, 1.82) is 0 Å². The largest absolute Gasteiger partial charge is 0.330 e. The number of aryl methyl sites for hydroxylation is 1. The third-order valence-electron chi connectivity index (χ3n) is 6.48. The highest BCUT2D eigenvalue weighted by atomic mass is 16.2. The Morgan fingerprint density at radius 2 is 2.07 bits per heavy atom. The van der Waals surface area contributed by atoms with Crippen molar-refractivity contribution >= 4 is 17.5 Å². The lowest BCUT2D eigenvalue weighted by molar-refractivity contribution is -0.121. The van der Waals surface area contributed by atoms with Crippen molar-refractivity contribution in [2.24, 2.45) is 0 Å². The van der Waals surface area contributed by atoms with E-state index in [9.17, 15) is 9.59 Å². The highest BCUT2D eigenvalue weighted by molar-refractivity contribution is 6.08. The molecule has 2 aromatic heterocycles. The van der Waals surface area contributed by atoms with E-state index in [0.29, 0.717) is 25.1 Å². The molecule has 2 atom stereocenters. The predicted molar refractivity (Wildman–Crippen MR) is 112 cm³/mol. The van der Waals surface area contributed by atoms with Gasteiger partial charge in [-0.1, -0.05) is 24.3 Å². The van der Waals surface area contributed by atoms with Gasteiger partial charge in [0.2, 0.25) is 5.91 Å². The standard InChI is InChI=1S/C23H23N5O2/c1-3-28-15(2)17(14-25-28)21(29)27-12-10-23(20(27)16-7-6-11-24-13-16)18-8-4-5-9-19(18)26-22(23)30/h4-9,11,13-14,20H,3,10,12H2,1-2H3,(H,26,30). The fourth-order valence-electron chi connectivity index (χ4n) is 5.04. The quantitative estimate of drug-likeness (QED) is 0.731. The van der Waals surface area contributed by atoms with E-state index in [2.05, 4.69) is 15.4 Å². The van der Waals surface area contributed by atoms with Crippen molar-refractivity contribution in [3.63, 3.8) is 0 Å². The number of anilines is 1. The van der Waals surface area contributed by atoms with E-state index >= 15 is 0 Å². The molecule has 1 aromatic carbocycles. The second-order valence-electron chi connectivity index (χ2n) is 7.87. The smallest absolute Gasteiger partial charge is 0.257 e. The summed E-state index contributed by atoms with van der Waals surface area (Å²) in [5, 5.41) is 7.38. The summed E-state index contributed by atoms with van der Waals surface area (Å²) in [6, 6.07) is 11.1. The zero-order valence-electron chi connectivity index (χ0n) is 17.0. The number of rotatable bonds is 3. The van der Waals surface area contributed by atoms with E-state index in [1.165, 1.54) is 0 Å². The third kappa shape index (κ3) is 2.44. The van der Waals surface area contributed by atoms with E-state index in [0.717, 1.165) is 22.5 Å². The second kappa shape index (κ2) is 6.79. The normalized spacial score (nSPS) is 22.4. The Balaban J connectivity index is 1.66. The average molecular weight is 401 g/mol. The van der Waals surface area contributed by atoms with Gasteiger partial charge in [0.15, 0.2) is 0 Å². The zero-order chi connectivity index (χ0) is 20.9. The topological polar surface area (TPSA) is 80.1 Å². The van der Waals surface area contributed by atoms with Gasteiger partial charge in [0.25, 0.3) is 5.91 Å². The fourth-order valence-corrected chi connectivity index (χ4v) is 5.04. The van der Waals surface area contributed by atoms with E-state index in [1.54, 1.807) is 18.6 Å². The van der Waals surface area contributed by atoms with Gasteiger partial charge in [-0.05, 0) is 43.5 Å². The molecule has 1 spiro atoms. The molecule has 2 aliphatic rings. The summed E-state index contributed by atoms with van der Waals surface area (Å²) in [6.45, 7) is 5.09. The molecule has 30 heavy (non-hydrogen) atoms. The molecule has 0 radical (unpaired) electrons. The molecular weight excluding hydrogens is 378 g/mol. The summed E-state index contributed by atoms with van der Waals surface area (Å²) in [6.07, 6.45) is 5.65. The van der Waals surface area contributed by atoms with Crippen LogP contribution in [0.4, 0.5) is 5.69 Å². The molecule has 1 saturated heterocycles. The van der Waals surface area contributed by atoms with Crippen LogP contribution in [0.15, 0.2) is 55.0 Å². The van der Waals surface area contributed by atoms with Gasteiger partial charge in [0.1, 0.15) is 5.41 Å². The lowest BCUT2D eigenvalue weighted by atomic mass is 9.73. The lowest BCUT2D eigenvalue weighted by Gasteiger charge is -2.34. The van der Waals surface area contributed by atoms with Crippen LogP contribution in [0, 0.1) is 6.92 Å². The number of hydrogen-bond acceptors (Lipinski definition) is 4. The van der Waals surface area contributed by atoms with Crippen molar-refractivity contribution in [3.8, 4) is 0 Å². The van der Waals surface area contributed by atoms with E-state index in [4.69, 9.17) is 0 Å². The number of aromatic nitrogens is 3. The molecule has 2 amide bonds. The van der Waals surface area contributed by atoms with Crippen LogP contribution in [0.5, 0.6) is 0 Å². The van der Waals surface area contributed by atoms with Crippen LogP contribution in [0.2, 0.25) is 0 Å². The highest BCUT2D eigenvalue weighted by Gasteiger charge is 2.59. The van der Waals surface area contributed by atoms with Crippen LogP contribution >= 0.6 is 0 Å². The Bertz CT molecular complexity index is 1140. The van der Waals surface area contributed by atoms with E-state index in [-0.39, 0.29) is 11.8 Å². The maximum absolute atomic E-state index is 13.7. The van der Waals surface area contributed by atoms with Gasteiger partial charge in [-0.15, -0.1) is 0 Å². The Morgan fingerprint density at radius 3 is 2.80 bits per heavy atom. The molecule has 0 bridgehead atoms. The second-order valence-corrected chi connectivity index (χ2v) is 7.87. The number of pyridine rings is 1. The van der Waals surface area contributed by atoms with Gasteiger partial charge in [0.05, 0.1) is 17.8 Å². The summed E-state index contributed by atoms with van der Waals surface area (Å²) < 4.78 is 1.82. The number of fused-ring (bicyclic) bond motifs is 2. The highest BCUT2D eigenvalue weighted by Crippen LogP contribution is 2.54. The maximum Gasteiger partial charge on any atom is 0.257 e. The van der Waals surface area contributed by atoms with E-state index in [1.807, 2.05) is 59.8 Å². The number of benzene rings is 1. The first-order chi connectivity index (χ1) is 14.6. The predicted octanol–water partition coefficient (Wildman–Crippen LogP) is 3.08. The first-order valence-corrected chi connectivity index (χ1v) is 10.2. The Hall–Kier alpha value is -3.48. The number of nitrogens with one attached hydrogen (secondary N) is 1. The van der Waals surface area contributed by atoms with Crippen molar-refractivity contribution in [1.82, 2.24) is 19.7 Å². The van der Waals surface area contributed by atoms with Crippen LogP contribution in [0.25, 0.3) is 0 Å². The number of para-hydroxylation sites is 1. The van der Waals surface area contributed by atoms with Gasteiger partial charge < -0.3 is 10.2 Å². The molecule has 5 rings (SSSR count). The lowest BCUT2D eigenvalue weighted by Crippen LogP contribution is -2.42. The van der Waals surface area contributed by atoms with Crippen molar-refractivity contribution in [2.45, 2.75) is 38.3 Å². The third-order valence-corrected chi connectivity index (χ3v) is 6.48. The molecule has 7 heteroatoms. The minimum atomic E-state index is -0.829. The fraction of sp³-hybridized carbons (Fsp3) is 0.304. The summed E-state index contributed by atoms with van der Waals surface area (Å²) in [5.41, 5.74) is 3.21. The molecule has 0 saturated carbocycles. The number of likely N-dealkylation sites (tertiary alicyclic amines) is 1. The van der Waals surface area contributed by atoms with Crippen molar-refractivity contribution < 1.29 is 9.59 Å². The van der Waals surface area contributed by atoms with Crippen molar-refractivity contribution in [3.05, 3.63) is 77.4 Å². The molecule has 1 fully saturated rings. The number of carbonyl (C=O) groups is 2. The Morgan fingerprint density at radius 1 is 1.23 bits per heavy atom. The summed E-state index contributed by atoms with van der Waals surface area (Å²) in [5.74, 6) is -0.163. The number of carbonyl (C=O) groups excluding carboxylic acids is 2. The number of nitrogens with zero attached hydrogens (tertiary/aromatic N) is 4. The minimum absolute atomic E-state index is 0.0613. The average Bonchev–Trinajstić information content (AvgIpc) is 3.43. The molecule has 4 heterocycles. The Kier molecular flexibility index (Phi) is 4.20. The van der Waals surface area contributed by atoms with Gasteiger partial charge >= 0.3 is 0 Å². The molecule has 2 unspecified atom stereocenters. The summed E-state index contributed by atoms with van der Waals surface area (Å²) in [7, 11) is 0. The van der Waals surface area contributed by atoms with Crippen LogP contribution in [0.1, 0.15) is 46.6 Å². The van der Waals surface area contributed by atoms with Crippen LogP contribution < -0.4 is 5.32 Å². The Labute approximate surface area is 174 Å². The summed E-state index contributed by atoms with van der Waals surface area (Å²) in [4.78, 5) is 33.1. The summed E-state index contributed by atoms with van der Waals surface area (Å²) >= 11 is 0. The molecule has 152 valence electrons. The minimum Gasteiger partial charge on any atom is -0.330 e. The zero-order valence-corrected chi connectivity index (χ0v) is 17.0. The van der Waals surface area contributed by atoms with Gasteiger partial charge in [0, 0.05) is 36.9 Å². The monoisotopic (exact) mass is 401 g/mol. The number of amides is 2. The molecular formula is C23H23N5O2. The van der Waals surface area contributed by atoms with Crippen molar-refractivity contribution in [2.75, 3.05) is 11.9 Å². The first kappa shape index (κ1) is 18.5. The van der Waals surface area contributed by atoms with Gasteiger partial charge in [-0.3, -0.25) is 19.3 Å². The molecule has 3 aromatic rings. The van der Waals surface area contributed by atoms with Gasteiger partial charge in [-0.25, -0.2) is 0 Å². The van der Waals surface area contributed by atoms with Crippen LogP contribution in [-0.2, 0) is 16.8 Å². The molecule has 7 nitrogen and oxygen atoms in total. The molecule has 0 aliphatic carbocycles. The van der Waals surface area contributed by atoms with Gasteiger partial charge in [-0.2, -0.15) is 5.10 Å². The molecule has 2 aliphatic heterocycles. The maximum atomic E-state index is 13.7. The first-order valence-electron chi connectivity index (χ1n) is 10.2.